The third-order valence-corrected chi connectivity index (χ3v) is 25.8. The Morgan fingerprint density at radius 1 is 0.800 bits per heavy atom. The lowest BCUT2D eigenvalue weighted by atomic mass is 9.49. The van der Waals surface area contributed by atoms with Crippen molar-refractivity contribution in [2.45, 2.75) is 169 Å². The molecular weight excluding hydrogens is 545 g/mol. The first-order valence-electron chi connectivity index (χ1n) is 15.7. The van der Waals surface area contributed by atoms with Crippen LogP contribution in [-0.2, 0) is 18.1 Å². The zero-order chi connectivity index (χ0) is 31.5. The number of aldehydes is 1. The molecule has 0 bridgehead atoms. The van der Waals surface area contributed by atoms with Crippen LogP contribution in [0.3, 0.4) is 0 Å². The smallest absolute Gasteiger partial charge is 0.192 e. The molecule has 0 heterocycles. The van der Waals surface area contributed by atoms with Crippen LogP contribution in [-0.4, -0.2) is 50.1 Å². The van der Waals surface area contributed by atoms with Crippen LogP contribution in [0.4, 0.5) is 0 Å². The number of allylic oxidation sites excluding steroid dienone is 1. The van der Waals surface area contributed by atoms with E-state index in [9.17, 15) is 4.79 Å². The van der Waals surface area contributed by atoms with Crippen molar-refractivity contribution in [2.24, 2.45) is 16.7 Å². The second-order valence-electron chi connectivity index (χ2n) is 18.2. The Morgan fingerprint density at radius 3 is 1.68 bits per heavy atom. The largest absolute Gasteiger partial charge is 0.416 e. The van der Waals surface area contributed by atoms with Crippen LogP contribution in [0.2, 0.25) is 54.4 Å². The van der Waals surface area contributed by atoms with Crippen LogP contribution in [0.5, 0.6) is 0 Å². The molecule has 0 N–H and O–H groups in total. The Morgan fingerprint density at radius 2 is 1.25 bits per heavy atom. The van der Waals surface area contributed by atoms with Crippen LogP contribution in [0.1, 0.15) is 102 Å². The summed E-state index contributed by atoms with van der Waals surface area (Å²) in [5, 5.41) is 0.354. The third-order valence-electron chi connectivity index (χ3n) is 12.4. The highest BCUT2D eigenvalue weighted by molar-refractivity contribution is 6.75. The highest BCUT2D eigenvalue weighted by Crippen LogP contribution is 2.62. The summed E-state index contributed by atoms with van der Waals surface area (Å²) in [7, 11) is -6.11. The van der Waals surface area contributed by atoms with Gasteiger partial charge in [0.15, 0.2) is 25.0 Å². The van der Waals surface area contributed by atoms with Crippen molar-refractivity contribution in [3.63, 3.8) is 0 Å². The van der Waals surface area contributed by atoms with Crippen LogP contribution in [0.25, 0.3) is 0 Å². The molecule has 0 aromatic rings. The summed E-state index contributed by atoms with van der Waals surface area (Å²) < 4.78 is 21.5. The molecule has 1 fully saturated rings. The van der Waals surface area contributed by atoms with E-state index >= 15 is 0 Å². The first-order chi connectivity index (χ1) is 17.6. The van der Waals surface area contributed by atoms with Gasteiger partial charge in [0.2, 0.25) is 0 Å². The summed E-state index contributed by atoms with van der Waals surface area (Å²) in [6.07, 6.45) is 4.04. The van der Waals surface area contributed by atoms with E-state index in [1.54, 1.807) is 0 Å². The number of fused-ring (bicyclic) bond motifs is 1. The molecule has 2 aliphatic carbocycles. The molecule has 0 aromatic carbocycles. The van der Waals surface area contributed by atoms with Gasteiger partial charge in [0, 0.05) is 12.0 Å². The van der Waals surface area contributed by atoms with E-state index in [4.69, 9.17) is 13.3 Å². The molecule has 1 saturated carbocycles. The van der Waals surface area contributed by atoms with Gasteiger partial charge in [0.05, 0.1) is 12.2 Å². The van der Waals surface area contributed by atoms with E-state index in [0.717, 1.165) is 36.7 Å². The maximum Gasteiger partial charge on any atom is 0.192 e. The molecule has 7 heteroatoms. The van der Waals surface area contributed by atoms with Crippen molar-refractivity contribution in [1.82, 2.24) is 0 Å². The molecule has 0 amide bonds. The fourth-order valence-electron chi connectivity index (χ4n) is 6.12. The average Bonchev–Trinajstić information content (AvgIpc) is 2.74. The summed E-state index contributed by atoms with van der Waals surface area (Å²) in [6, 6.07) is 0. The molecule has 5 atom stereocenters. The van der Waals surface area contributed by atoms with Gasteiger partial charge in [-0.3, -0.25) is 4.79 Å². The van der Waals surface area contributed by atoms with E-state index < -0.39 is 25.0 Å². The number of carbonyl (C=O) groups excluding carboxylic acids is 1. The van der Waals surface area contributed by atoms with Gasteiger partial charge >= 0.3 is 0 Å². The Labute approximate surface area is 252 Å². The lowest BCUT2D eigenvalue weighted by Crippen LogP contribution is -2.62. The summed E-state index contributed by atoms with van der Waals surface area (Å²) in [4.78, 5) is 12.9. The Balaban J connectivity index is 2.69. The molecule has 0 spiro atoms. The summed E-state index contributed by atoms with van der Waals surface area (Å²) >= 11 is 0. The molecule has 0 aromatic heterocycles. The highest BCUT2D eigenvalue weighted by atomic mass is 28.4. The first kappa shape index (κ1) is 36.1. The molecule has 40 heavy (non-hydrogen) atoms. The number of hydrogen-bond acceptors (Lipinski definition) is 4. The van der Waals surface area contributed by atoms with Gasteiger partial charge < -0.3 is 13.3 Å². The van der Waals surface area contributed by atoms with E-state index in [1.807, 2.05) is 0 Å². The third kappa shape index (κ3) is 6.69. The van der Waals surface area contributed by atoms with Crippen LogP contribution in [0.15, 0.2) is 11.1 Å². The fourth-order valence-corrected chi connectivity index (χ4v) is 10.0. The Bertz CT molecular complexity index is 964. The van der Waals surface area contributed by atoms with Crippen molar-refractivity contribution in [3.05, 3.63) is 11.1 Å². The standard InChI is InChI=1S/C33H66O4Si3/c1-24-25(22-34)32(11)20-19-28(37-40(17,18)31(8,9)10)33(12,23-35-38(13,14)29(2,3)4)27(32)21-26(24)36-39(15,16)30(5,6)7/h22,26-28H,19-21,23H2,1-18H3/t26-,27+,28-,32+,33?/m0/s1. The van der Waals surface area contributed by atoms with Gasteiger partial charge in [-0.2, -0.15) is 0 Å². The topological polar surface area (TPSA) is 44.8 Å². The minimum Gasteiger partial charge on any atom is -0.416 e. The first-order valence-corrected chi connectivity index (χ1v) is 24.5. The second-order valence-corrected chi connectivity index (χ2v) is 32.6. The summed E-state index contributed by atoms with van der Waals surface area (Å²) in [6.45, 7) is 42.6. The molecule has 1 unspecified atom stereocenters. The fraction of sp³-hybridized carbons (Fsp3) is 0.909. The van der Waals surface area contributed by atoms with Gasteiger partial charge in [-0.15, -0.1) is 0 Å². The second kappa shape index (κ2) is 11.1. The van der Waals surface area contributed by atoms with E-state index in [1.165, 1.54) is 0 Å². The molecule has 2 rings (SSSR count). The molecule has 0 radical (unpaired) electrons. The van der Waals surface area contributed by atoms with Gasteiger partial charge in [-0.25, -0.2) is 0 Å². The molecule has 234 valence electrons. The maximum atomic E-state index is 12.9. The predicted octanol–water partition coefficient (Wildman–Crippen LogP) is 10.1. The zero-order valence-corrected chi connectivity index (χ0v) is 32.8. The number of rotatable bonds is 8. The van der Waals surface area contributed by atoms with Crippen molar-refractivity contribution in [3.8, 4) is 0 Å². The van der Waals surface area contributed by atoms with Gasteiger partial charge in [0.25, 0.3) is 0 Å². The molecular formula is C33H66O4Si3. The van der Waals surface area contributed by atoms with Crippen molar-refractivity contribution < 1.29 is 18.1 Å². The van der Waals surface area contributed by atoms with Crippen LogP contribution in [0, 0.1) is 16.7 Å². The SMILES string of the molecule is CC1=C(C=O)[C@@]2(C)CC[C@H](O[Si](C)(C)C(C)(C)C)C(C)(CO[Si](C)(C)C(C)(C)C)[C@@H]2C[C@@H]1O[Si](C)(C)C(C)(C)C. The zero-order valence-electron chi connectivity index (χ0n) is 29.8. The van der Waals surface area contributed by atoms with Crippen LogP contribution < -0.4 is 0 Å². The molecule has 0 aliphatic heterocycles. The normalized spacial score (nSPS) is 31.3. The molecule has 4 nitrogen and oxygen atoms in total. The summed E-state index contributed by atoms with van der Waals surface area (Å²) in [5.41, 5.74) is 1.67. The minimum absolute atomic E-state index is 0.0435. The quantitative estimate of drug-likeness (QED) is 0.203. The van der Waals surface area contributed by atoms with Gasteiger partial charge in [-0.05, 0) is 103 Å². The number of carbonyl (C=O) groups is 1. The lowest BCUT2D eigenvalue weighted by Gasteiger charge is -2.61. The summed E-state index contributed by atoms with van der Waals surface area (Å²) in [5.74, 6) is 0.229. The monoisotopic (exact) mass is 610 g/mol. The lowest BCUT2D eigenvalue weighted by molar-refractivity contribution is -0.129. The van der Waals surface area contributed by atoms with E-state index in [-0.39, 0.29) is 44.1 Å². The predicted molar refractivity (Wildman–Crippen MR) is 180 cm³/mol. The number of hydrogen-bond donors (Lipinski definition) is 0. The van der Waals surface area contributed by atoms with Gasteiger partial charge in [-0.1, -0.05) is 76.2 Å². The van der Waals surface area contributed by atoms with Crippen molar-refractivity contribution >= 4 is 31.2 Å². The van der Waals surface area contributed by atoms with Crippen molar-refractivity contribution in [1.29, 1.82) is 0 Å². The average molecular weight is 611 g/mol. The molecule has 2 aliphatic rings. The minimum atomic E-state index is -2.06. The van der Waals surface area contributed by atoms with Crippen LogP contribution >= 0.6 is 0 Å². The van der Waals surface area contributed by atoms with Gasteiger partial charge in [0.1, 0.15) is 6.29 Å². The molecule has 0 saturated heterocycles. The Kier molecular flexibility index (Phi) is 10.1. The maximum absolute atomic E-state index is 12.9. The van der Waals surface area contributed by atoms with Crippen molar-refractivity contribution in [2.75, 3.05) is 6.61 Å². The Hall–Kier alpha value is -0.0594. The van der Waals surface area contributed by atoms with E-state index in [0.29, 0.717) is 6.61 Å². The van der Waals surface area contributed by atoms with E-state index in [2.05, 4.69) is 122 Å². The highest BCUT2D eigenvalue weighted by Gasteiger charge is 2.60.